The number of carbonyl (C=O) groups is 3. The molecule has 1 aliphatic heterocycles. The van der Waals surface area contributed by atoms with E-state index in [9.17, 15) is 14.4 Å². The van der Waals surface area contributed by atoms with Gasteiger partial charge in [-0.15, -0.1) is 0 Å². The Bertz CT molecular complexity index is 399. The van der Waals surface area contributed by atoms with Gasteiger partial charge in [0.25, 0.3) is 0 Å². The summed E-state index contributed by atoms with van der Waals surface area (Å²) < 4.78 is 9.79. The molecule has 0 aromatic carbocycles. The number of amides is 1. The van der Waals surface area contributed by atoms with Gasteiger partial charge in [0.05, 0.1) is 20.3 Å². The number of esters is 1. The van der Waals surface area contributed by atoms with Crippen LogP contribution in [0.2, 0.25) is 0 Å². The van der Waals surface area contributed by atoms with Gasteiger partial charge in [-0.1, -0.05) is 6.92 Å². The van der Waals surface area contributed by atoms with Crippen LogP contribution >= 0.6 is 0 Å². The van der Waals surface area contributed by atoms with Crippen molar-refractivity contribution in [3.05, 3.63) is 11.1 Å². The number of hydrogen-bond donors (Lipinski definition) is 1. The van der Waals surface area contributed by atoms with Crippen molar-refractivity contribution in [2.24, 2.45) is 11.7 Å². The molecule has 0 aromatic heterocycles. The average Bonchev–Trinajstić information content (AvgIpc) is 2.38. The predicted molar refractivity (Wildman–Crippen MR) is 62.5 cm³/mol. The maximum atomic E-state index is 12.2. The fourth-order valence-corrected chi connectivity index (χ4v) is 1.88. The molecule has 0 aliphatic carbocycles. The number of ketones is 1. The van der Waals surface area contributed by atoms with Gasteiger partial charge in [-0.25, -0.2) is 4.79 Å². The lowest BCUT2D eigenvalue weighted by Gasteiger charge is -2.20. The molecule has 1 atom stereocenters. The molecular formula is C12H17NO5. The number of primary amides is 1. The number of methoxy groups -OCH3 is 1. The highest BCUT2D eigenvalue weighted by atomic mass is 16.5. The standard InChI is InChI=1S/C12H17NO5/c1-3-7(11(13)15)10(14)9-6-18-5-4-8(9)12(16)17-2/h7H,3-6H2,1-2H3,(H2,13,15). The van der Waals surface area contributed by atoms with Crippen LogP contribution in [-0.4, -0.2) is 38.0 Å². The Labute approximate surface area is 105 Å². The summed E-state index contributed by atoms with van der Waals surface area (Å²) in [5, 5.41) is 0. The zero-order valence-corrected chi connectivity index (χ0v) is 10.5. The molecule has 0 saturated carbocycles. The van der Waals surface area contributed by atoms with Crippen molar-refractivity contribution in [1.82, 2.24) is 0 Å². The molecular weight excluding hydrogens is 238 g/mol. The fraction of sp³-hybridized carbons (Fsp3) is 0.583. The Morgan fingerprint density at radius 3 is 2.56 bits per heavy atom. The second-order valence-electron chi connectivity index (χ2n) is 3.98. The number of nitrogens with two attached hydrogens (primary N) is 1. The van der Waals surface area contributed by atoms with Crippen molar-refractivity contribution in [3.63, 3.8) is 0 Å². The normalized spacial score (nSPS) is 17.2. The lowest BCUT2D eigenvalue weighted by molar-refractivity contribution is -0.138. The van der Waals surface area contributed by atoms with E-state index in [2.05, 4.69) is 4.74 Å². The van der Waals surface area contributed by atoms with Crippen LogP contribution in [-0.2, 0) is 23.9 Å². The third-order valence-electron chi connectivity index (χ3n) is 2.90. The van der Waals surface area contributed by atoms with Gasteiger partial charge in [0, 0.05) is 17.6 Å². The van der Waals surface area contributed by atoms with Crippen LogP contribution in [0.25, 0.3) is 0 Å². The Kier molecular flexibility index (Phi) is 5.03. The Balaban J connectivity index is 3.09. The highest BCUT2D eigenvalue weighted by Crippen LogP contribution is 2.22. The van der Waals surface area contributed by atoms with Crippen molar-refractivity contribution in [1.29, 1.82) is 0 Å². The van der Waals surface area contributed by atoms with Crippen molar-refractivity contribution in [2.75, 3.05) is 20.3 Å². The predicted octanol–water partition coefficient (Wildman–Crippen LogP) is -0.0431. The van der Waals surface area contributed by atoms with Crippen LogP contribution in [0.15, 0.2) is 11.1 Å². The van der Waals surface area contributed by atoms with Crippen LogP contribution < -0.4 is 5.73 Å². The van der Waals surface area contributed by atoms with E-state index < -0.39 is 23.6 Å². The highest BCUT2D eigenvalue weighted by Gasteiger charge is 2.31. The van der Waals surface area contributed by atoms with Gasteiger partial charge in [0.15, 0.2) is 5.78 Å². The minimum atomic E-state index is -0.915. The number of carbonyl (C=O) groups excluding carboxylic acids is 3. The molecule has 0 aromatic rings. The molecule has 100 valence electrons. The van der Waals surface area contributed by atoms with E-state index in [1.165, 1.54) is 7.11 Å². The van der Waals surface area contributed by atoms with E-state index in [1.54, 1.807) is 6.92 Å². The number of rotatable bonds is 5. The maximum Gasteiger partial charge on any atom is 0.334 e. The van der Waals surface area contributed by atoms with E-state index in [-0.39, 0.29) is 17.8 Å². The van der Waals surface area contributed by atoms with Crippen LogP contribution in [0.4, 0.5) is 0 Å². The third-order valence-corrected chi connectivity index (χ3v) is 2.90. The summed E-state index contributed by atoms with van der Waals surface area (Å²) in [5.74, 6) is -2.60. The summed E-state index contributed by atoms with van der Waals surface area (Å²) in [5.41, 5.74) is 5.66. The molecule has 6 heteroatoms. The summed E-state index contributed by atoms with van der Waals surface area (Å²) >= 11 is 0. The first-order valence-corrected chi connectivity index (χ1v) is 5.74. The van der Waals surface area contributed by atoms with Gasteiger partial charge in [0.1, 0.15) is 5.92 Å². The molecule has 0 saturated heterocycles. The summed E-state index contributed by atoms with van der Waals surface area (Å²) in [4.78, 5) is 34.9. The smallest absolute Gasteiger partial charge is 0.334 e. The van der Waals surface area contributed by atoms with Gasteiger partial charge in [-0.05, 0) is 6.42 Å². The fourth-order valence-electron chi connectivity index (χ4n) is 1.88. The molecule has 1 heterocycles. The van der Waals surface area contributed by atoms with Crippen molar-refractivity contribution in [3.8, 4) is 0 Å². The summed E-state index contributed by atoms with van der Waals surface area (Å²) in [7, 11) is 1.25. The van der Waals surface area contributed by atoms with Crippen molar-refractivity contribution in [2.45, 2.75) is 19.8 Å². The Morgan fingerprint density at radius 2 is 2.06 bits per heavy atom. The highest BCUT2D eigenvalue weighted by molar-refractivity contribution is 6.12. The Hall–Kier alpha value is -1.69. The number of hydrogen-bond acceptors (Lipinski definition) is 5. The zero-order chi connectivity index (χ0) is 13.7. The van der Waals surface area contributed by atoms with Crippen LogP contribution in [0.5, 0.6) is 0 Å². The van der Waals surface area contributed by atoms with Gasteiger partial charge in [-0.3, -0.25) is 9.59 Å². The first kappa shape index (κ1) is 14.4. The minimum absolute atomic E-state index is 0.0209. The molecule has 0 spiro atoms. The first-order valence-electron chi connectivity index (χ1n) is 5.74. The van der Waals surface area contributed by atoms with E-state index >= 15 is 0 Å². The van der Waals surface area contributed by atoms with Gasteiger partial charge in [0.2, 0.25) is 5.91 Å². The minimum Gasteiger partial charge on any atom is -0.466 e. The quantitative estimate of drug-likeness (QED) is 0.549. The average molecular weight is 255 g/mol. The lowest BCUT2D eigenvalue weighted by atomic mass is 9.90. The molecule has 2 N–H and O–H groups in total. The number of ether oxygens (including phenoxy) is 2. The molecule has 1 aliphatic rings. The number of Topliss-reactive ketones (excluding diaryl/α,β-unsaturated/α-hetero) is 1. The third kappa shape index (κ3) is 2.95. The molecule has 0 fully saturated rings. The topological polar surface area (TPSA) is 95.7 Å². The van der Waals surface area contributed by atoms with Crippen LogP contribution in [0, 0.1) is 5.92 Å². The molecule has 18 heavy (non-hydrogen) atoms. The van der Waals surface area contributed by atoms with E-state index in [1.807, 2.05) is 0 Å². The molecule has 1 unspecified atom stereocenters. The second kappa shape index (κ2) is 6.30. The van der Waals surface area contributed by atoms with E-state index in [0.717, 1.165) is 0 Å². The Morgan fingerprint density at radius 1 is 1.39 bits per heavy atom. The lowest BCUT2D eigenvalue weighted by Crippen LogP contribution is -2.34. The summed E-state index contributed by atoms with van der Waals surface area (Å²) in [6.45, 7) is 2.07. The van der Waals surface area contributed by atoms with Crippen LogP contribution in [0.1, 0.15) is 19.8 Å². The molecule has 6 nitrogen and oxygen atoms in total. The monoisotopic (exact) mass is 255 g/mol. The van der Waals surface area contributed by atoms with E-state index in [0.29, 0.717) is 19.4 Å². The first-order chi connectivity index (χ1) is 8.52. The van der Waals surface area contributed by atoms with Gasteiger partial charge < -0.3 is 15.2 Å². The largest absolute Gasteiger partial charge is 0.466 e. The maximum absolute atomic E-state index is 12.2. The molecule has 0 bridgehead atoms. The summed E-state index contributed by atoms with van der Waals surface area (Å²) in [6, 6.07) is 0. The SMILES string of the molecule is CCC(C(N)=O)C(=O)C1=C(C(=O)OC)CCOC1. The second-order valence-corrected chi connectivity index (χ2v) is 3.98. The summed E-state index contributed by atoms with van der Waals surface area (Å²) in [6.07, 6.45) is 0.606. The molecule has 1 amide bonds. The van der Waals surface area contributed by atoms with Crippen LogP contribution in [0.3, 0.4) is 0 Å². The molecule has 1 rings (SSSR count). The van der Waals surface area contributed by atoms with Gasteiger partial charge in [-0.2, -0.15) is 0 Å². The zero-order valence-electron chi connectivity index (χ0n) is 10.5. The van der Waals surface area contributed by atoms with E-state index in [4.69, 9.17) is 10.5 Å². The van der Waals surface area contributed by atoms with Gasteiger partial charge >= 0.3 is 5.97 Å². The van der Waals surface area contributed by atoms with Crippen molar-refractivity contribution >= 4 is 17.7 Å². The van der Waals surface area contributed by atoms with Crippen molar-refractivity contribution < 1.29 is 23.9 Å². The molecule has 0 radical (unpaired) electrons.